The van der Waals surface area contributed by atoms with E-state index in [1.54, 1.807) is 0 Å². The summed E-state index contributed by atoms with van der Waals surface area (Å²) in [6.07, 6.45) is 2.92. The van der Waals surface area contributed by atoms with Gasteiger partial charge >= 0.3 is 5.97 Å². The van der Waals surface area contributed by atoms with Gasteiger partial charge in [0.05, 0.1) is 7.11 Å². The van der Waals surface area contributed by atoms with E-state index in [-0.39, 0.29) is 23.6 Å². The third kappa shape index (κ3) is 0.886. The van der Waals surface area contributed by atoms with Crippen LogP contribution in [0.25, 0.3) is 0 Å². The third-order valence-electron chi connectivity index (χ3n) is 3.11. The molecule has 2 aliphatic rings. The quantitative estimate of drug-likeness (QED) is 0.429. The van der Waals surface area contributed by atoms with Gasteiger partial charge in [0.2, 0.25) is 0 Å². The number of fused-ring (bicyclic) bond motifs is 2. The fourth-order valence-corrected chi connectivity index (χ4v) is 2.50. The largest absolute Gasteiger partial charge is 0.468 e. The summed E-state index contributed by atoms with van der Waals surface area (Å²) in [5.74, 6) is -0.173. The van der Waals surface area contributed by atoms with Crippen molar-refractivity contribution in [3.05, 3.63) is 0 Å². The van der Waals surface area contributed by atoms with Gasteiger partial charge in [-0.25, -0.2) is 0 Å². The Balaban J connectivity index is 2.17. The van der Waals surface area contributed by atoms with Gasteiger partial charge in [-0.2, -0.15) is 0 Å². The van der Waals surface area contributed by atoms with E-state index in [1.165, 1.54) is 7.11 Å². The van der Waals surface area contributed by atoms with E-state index in [0.29, 0.717) is 0 Å². The molecule has 0 saturated heterocycles. The van der Waals surface area contributed by atoms with E-state index >= 15 is 0 Å². The second kappa shape index (κ2) is 2.57. The van der Waals surface area contributed by atoms with Crippen LogP contribution in [-0.4, -0.2) is 18.9 Å². The molecule has 3 heteroatoms. The molecule has 3 nitrogen and oxygen atoms in total. The van der Waals surface area contributed by atoms with Crippen LogP contribution in [0.5, 0.6) is 0 Å². The SMILES string of the molecule is COC(=O)C1C(=O)[C@@H]2CC[C@H]1C2. The summed E-state index contributed by atoms with van der Waals surface area (Å²) in [5.41, 5.74) is 0. The predicted octanol–water partition coefficient (Wildman–Crippen LogP) is 0.775. The topological polar surface area (TPSA) is 43.4 Å². The first-order chi connectivity index (χ1) is 5.74. The number of hydrogen-bond donors (Lipinski definition) is 0. The van der Waals surface area contributed by atoms with Crippen LogP contribution in [0.3, 0.4) is 0 Å². The zero-order valence-electron chi connectivity index (χ0n) is 7.08. The Labute approximate surface area is 71.1 Å². The molecule has 0 N–H and O–H groups in total. The Kier molecular flexibility index (Phi) is 1.67. The van der Waals surface area contributed by atoms with Crippen molar-refractivity contribution in [2.75, 3.05) is 7.11 Å². The van der Waals surface area contributed by atoms with Gasteiger partial charge in [-0.15, -0.1) is 0 Å². The molecule has 0 heterocycles. The van der Waals surface area contributed by atoms with Gasteiger partial charge in [0.1, 0.15) is 11.7 Å². The third-order valence-corrected chi connectivity index (χ3v) is 3.11. The summed E-state index contributed by atoms with van der Waals surface area (Å²) >= 11 is 0. The number of esters is 1. The Hall–Kier alpha value is -0.860. The monoisotopic (exact) mass is 168 g/mol. The number of ether oxygens (including phenoxy) is 1. The van der Waals surface area contributed by atoms with Gasteiger partial charge in [0, 0.05) is 5.92 Å². The van der Waals surface area contributed by atoms with Crippen LogP contribution in [0.4, 0.5) is 0 Å². The Bertz CT molecular complexity index is 234. The number of carbonyl (C=O) groups is 2. The first-order valence-corrected chi connectivity index (χ1v) is 4.35. The molecule has 2 saturated carbocycles. The maximum absolute atomic E-state index is 11.5. The highest BCUT2D eigenvalue weighted by Crippen LogP contribution is 2.46. The van der Waals surface area contributed by atoms with Crippen LogP contribution in [0, 0.1) is 17.8 Å². The van der Waals surface area contributed by atoms with E-state index < -0.39 is 5.92 Å². The highest BCUT2D eigenvalue weighted by molar-refractivity contribution is 6.02. The average molecular weight is 168 g/mol. The summed E-state index contributed by atoms with van der Waals surface area (Å²) < 4.78 is 4.60. The van der Waals surface area contributed by atoms with Crippen LogP contribution in [0.15, 0.2) is 0 Å². The molecule has 2 bridgehead atoms. The maximum atomic E-state index is 11.5. The van der Waals surface area contributed by atoms with Crippen molar-refractivity contribution in [1.29, 1.82) is 0 Å². The molecule has 0 aromatic heterocycles. The predicted molar refractivity (Wildman–Crippen MR) is 41.3 cm³/mol. The highest BCUT2D eigenvalue weighted by Gasteiger charge is 2.50. The van der Waals surface area contributed by atoms with Crippen molar-refractivity contribution in [3.8, 4) is 0 Å². The van der Waals surface area contributed by atoms with E-state index in [0.717, 1.165) is 19.3 Å². The molecule has 66 valence electrons. The molecule has 3 atom stereocenters. The van der Waals surface area contributed by atoms with Crippen molar-refractivity contribution in [1.82, 2.24) is 0 Å². The lowest BCUT2D eigenvalue weighted by Gasteiger charge is -2.17. The minimum atomic E-state index is -0.422. The van der Waals surface area contributed by atoms with E-state index in [1.807, 2.05) is 0 Å². The highest BCUT2D eigenvalue weighted by atomic mass is 16.5. The average Bonchev–Trinajstić information content (AvgIpc) is 2.63. The lowest BCUT2D eigenvalue weighted by Crippen LogP contribution is -2.30. The number of hydrogen-bond acceptors (Lipinski definition) is 3. The summed E-state index contributed by atoms with van der Waals surface area (Å²) in [6, 6.07) is 0. The second-order valence-corrected chi connectivity index (χ2v) is 3.67. The molecule has 0 amide bonds. The van der Waals surface area contributed by atoms with Gasteiger partial charge in [0.25, 0.3) is 0 Å². The van der Waals surface area contributed by atoms with Crippen molar-refractivity contribution in [3.63, 3.8) is 0 Å². The molecule has 0 aromatic rings. The minimum absolute atomic E-state index is 0.123. The summed E-state index contributed by atoms with van der Waals surface area (Å²) in [6.45, 7) is 0. The fourth-order valence-electron chi connectivity index (χ4n) is 2.50. The minimum Gasteiger partial charge on any atom is -0.468 e. The Morgan fingerprint density at radius 1 is 1.50 bits per heavy atom. The summed E-state index contributed by atoms with van der Waals surface area (Å²) in [7, 11) is 1.35. The molecule has 12 heavy (non-hydrogen) atoms. The van der Waals surface area contributed by atoms with Crippen LogP contribution in [0.2, 0.25) is 0 Å². The summed E-state index contributed by atoms with van der Waals surface area (Å²) in [5, 5.41) is 0. The number of carbonyl (C=O) groups excluding carboxylic acids is 2. The van der Waals surface area contributed by atoms with E-state index in [2.05, 4.69) is 4.74 Å². The lowest BCUT2D eigenvalue weighted by molar-refractivity contribution is -0.151. The smallest absolute Gasteiger partial charge is 0.316 e. The van der Waals surface area contributed by atoms with E-state index in [9.17, 15) is 9.59 Å². The summed E-state index contributed by atoms with van der Waals surface area (Å²) in [4.78, 5) is 22.6. The van der Waals surface area contributed by atoms with Gasteiger partial charge in [-0.1, -0.05) is 0 Å². The van der Waals surface area contributed by atoms with Crippen LogP contribution in [-0.2, 0) is 14.3 Å². The van der Waals surface area contributed by atoms with Gasteiger partial charge in [-0.3, -0.25) is 9.59 Å². The molecule has 0 spiro atoms. The van der Waals surface area contributed by atoms with Gasteiger partial charge in [0.15, 0.2) is 0 Å². The first kappa shape index (κ1) is 7.77. The molecular formula is C9H12O3. The maximum Gasteiger partial charge on any atom is 0.316 e. The van der Waals surface area contributed by atoms with Crippen molar-refractivity contribution < 1.29 is 14.3 Å². The van der Waals surface area contributed by atoms with Crippen molar-refractivity contribution >= 4 is 11.8 Å². The van der Waals surface area contributed by atoms with Crippen LogP contribution in [0.1, 0.15) is 19.3 Å². The Morgan fingerprint density at radius 2 is 2.25 bits per heavy atom. The Morgan fingerprint density at radius 3 is 2.75 bits per heavy atom. The van der Waals surface area contributed by atoms with E-state index in [4.69, 9.17) is 0 Å². The fraction of sp³-hybridized carbons (Fsp3) is 0.778. The van der Waals surface area contributed by atoms with Crippen molar-refractivity contribution in [2.24, 2.45) is 17.8 Å². The molecule has 2 aliphatic carbocycles. The standard InChI is InChI=1S/C9H12O3/c1-12-9(11)7-5-2-3-6(4-5)8(7)10/h5-7H,2-4H2,1H3/t5-,6+,7?/m0/s1. The van der Waals surface area contributed by atoms with Crippen molar-refractivity contribution in [2.45, 2.75) is 19.3 Å². The number of methoxy groups -OCH3 is 1. The molecule has 0 aliphatic heterocycles. The van der Waals surface area contributed by atoms with Crippen LogP contribution >= 0.6 is 0 Å². The first-order valence-electron chi connectivity index (χ1n) is 4.35. The van der Waals surface area contributed by atoms with Gasteiger partial charge < -0.3 is 4.74 Å². The molecule has 0 radical (unpaired) electrons. The normalized spacial score (nSPS) is 38.8. The molecule has 2 rings (SSSR count). The molecule has 2 fully saturated rings. The van der Waals surface area contributed by atoms with Crippen LogP contribution < -0.4 is 0 Å². The van der Waals surface area contributed by atoms with Gasteiger partial charge in [-0.05, 0) is 25.2 Å². The zero-order valence-corrected chi connectivity index (χ0v) is 7.08. The lowest BCUT2D eigenvalue weighted by atomic mass is 9.88. The second-order valence-electron chi connectivity index (χ2n) is 3.67. The number of ketones is 1. The number of rotatable bonds is 1. The zero-order chi connectivity index (χ0) is 8.72. The number of Topliss-reactive ketones (excluding diaryl/α,β-unsaturated/α-hetero) is 1. The molecular weight excluding hydrogens is 156 g/mol. The molecule has 0 aromatic carbocycles. The molecule has 1 unspecified atom stereocenters.